The minimum absolute atomic E-state index is 0.140. The standard InChI is InChI=1S/C23H25BrO2.C6H10O2/c1-5-19(20-8-7-18(24)12-21(20)14(2)3)23(25)17-11-16-10-15(4)6-9-22(16)26-13-17;1-2-6(3-4-6)5(7)8/h5-10,12,14,17H,11,13H2,1-4H3;2-4H2,1H3,(H,7,8)/b19-5+;. The van der Waals surface area contributed by atoms with Crippen molar-refractivity contribution >= 4 is 33.3 Å². The zero-order valence-corrected chi connectivity index (χ0v) is 22.4. The molecule has 0 radical (unpaired) electrons. The fourth-order valence-electron chi connectivity index (χ4n) is 4.47. The number of hydrogen-bond donors (Lipinski definition) is 1. The molecule has 2 aromatic rings. The number of allylic oxidation sites excluding steroid dienone is 2. The summed E-state index contributed by atoms with van der Waals surface area (Å²) in [6.45, 7) is 10.7. The molecule has 0 aromatic heterocycles. The molecular formula is C29H35BrO4. The van der Waals surface area contributed by atoms with Gasteiger partial charge in [-0.05, 0) is 80.3 Å². The van der Waals surface area contributed by atoms with E-state index in [1.54, 1.807) is 0 Å². The van der Waals surface area contributed by atoms with Crippen LogP contribution in [-0.2, 0) is 16.0 Å². The van der Waals surface area contributed by atoms with Crippen LogP contribution in [-0.4, -0.2) is 23.5 Å². The van der Waals surface area contributed by atoms with Crippen molar-refractivity contribution in [1.82, 2.24) is 0 Å². The van der Waals surface area contributed by atoms with E-state index in [2.05, 4.69) is 61.0 Å². The third-order valence-electron chi connectivity index (χ3n) is 6.96. The summed E-state index contributed by atoms with van der Waals surface area (Å²) in [6, 6.07) is 12.4. The number of Topliss-reactive ketones (excluding diaryl/α,β-unsaturated/α-hetero) is 1. The molecule has 1 N–H and O–H groups in total. The number of fused-ring (bicyclic) bond motifs is 1. The van der Waals surface area contributed by atoms with Gasteiger partial charge in [-0.15, -0.1) is 0 Å². The summed E-state index contributed by atoms with van der Waals surface area (Å²) in [4.78, 5) is 23.6. The van der Waals surface area contributed by atoms with Crippen LogP contribution in [0.3, 0.4) is 0 Å². The zero-order valence-electron chi connectivity index (χ0n) is 20.8. The van der Waals surface area contributed by atoms with Crippen molar-refractivity contribution in [2.24, 2.45) is 11.3 Å². The molecule has 1 aliphatic heterocycles. The first-order valence-electron chi connectivity index (χ1n) is 12.1. The lowest BCUT2D eigenvalue weighted by Crippen LogP contribution is -2.29. The lowest BCUT2D eigenvalue weighted by atomic mass is 9.84. The van der Waals surface area contributed by atoms with Crippen molar-refractivity contribution in [1.29, 1.82) is 0 Å². The van der Waals surface area contributed by atoms with E-state index >= 15 is 0 Å². The molecule has 1 atom stereocenters. The van der Waals surface area contributed by atoms with Crippen LogP contribution in [0, 0.1) is 18.3 Å². The van der Waals surface area contributed by atoms with Gasteiger partial charge in [-0.3, -0.25) is 9.59 Å². The van der Waals surface area contributed by atoms with Crippen LogP contribution in [0.1, 0.15) is 75.1 Å². The van der Waals surface area contributed by atoms with Gasteiger partial charge in [0.2, 0.25) is 0 Å². The number of carboxylic acids is 1. The highest BCUT2D eigenvalue weighted by molar-refractivity contribution is 9.10. The van der Waals surface area contributed by atoms with E-state index < -0.39 is 5.97 Å². The second-order valence-electron chi connectivity index (χ2n) is 9.72. The SMILES string of the molecule is C/C=C(/C(=O)C1COc2ccc(C)cc2C1)c1ccc(Br)cc1C(C)C.CCC1(C(=O)O)CC1. The predicted molar refractivity (Wildman–Crippen MR) is 140 cm³/mol. The Balaban J connectivity index is 0.000000343. The molecule has 2 aliphatic rings. The molecule has 1 fully saturated rings. The van der Waals surface area contributed by atoms with Crippen molar-refractivity contribution in [2.75, 3.05) is 6.61 Å². The quantitative estimate of drug-likeness (QED) is 0.399. The number of ketones is 1. The Morgan fingerprint density at radius 2 is 1.91 bits per heavy atom. The van der Waals surface area contributed by atoms with Gasteiger partial charge in [0.15, 0.2) is 5.78 Å². The van der Waals surface area contributed by atoms with E-state index in [4.69, 9.17) is 9.84 Å². The van der Waals surface area contributed by atoms with E-state index in [-0.39, 0.29) is 17.1 Å². The third-order valence-corrected chi connectivity index (χ3v) is 7.45. The van der Waals surface area contributed by atoms with Gasteiger partial charge in [-0.2, -0.15) is 0 Å². The van der Waals surface area contributed by atoms with Crippen molar-refractivity contribution in [3.63, 3.8) is 0 Å². The van der Waals surface area contributed by atoms with E-state index in [0.717, 1.165) is 52.6 Å². The van der Waals surface area contributed by atoms with Crippen LogP contribution in [0.25, 0.3) is 5.57 Å². The van der Waals surface area contributed by atoms with Gasteiger partial charge >= 0.3 is 5.97 Å². The number of hydrogen-bond acceptors (Lipinski definition) is 3. The molecule has 0 bridgehead atoms. The van der Waals surface area contributed by atoms with Crippen LogP contribution in [0.5, 0.6) is 5.75 Å². The van der Waals surface area contributed by atoms with Crippen LogP contribution < -0.4 is 4.74 Å². The number of aryl methyl sites for hydroxylation is 1. The topological polar surface area (TPSA) is 63.6 Å². The second-order valence-corrected chi connectivity index (χ2v) is 10.6. The van der Waals surface area contributed by atoms with Gasteiger partial charge in [0.05, 0.1) is 17.9 Å². The normalized spacial score (nSPS) is 18.3. The Labute approximate surface area is 211 Å². The second kappa shape index (κ2) is 10.9. The average Bonchev–Trinajstić information content (AvgIpc) is 3.62. The fraction of sp³-hybridized carbons (Fsp3) is 0.448. The van der Waals surface area contributed by atoms with Gasteiger partial charge in [0.1, 0.15) is 5.75 Å². The summed E-state index contributed by atoms with van der Waals surface area (Å²) in [5.41, 5.74) is 5.05. The molecule has 0 amide bonds. The molecule has 1 heterocycles. The summed E-state index contributed by atoms with van der Waals surface area (Å²) >= 11 is 3.55. The van der Waals surface area contributed by atoms with Gasteiger partial charge in [-0.1, -0.05) is 66.5 Å². The Morgan fingerprint density at radius 3 is 2.44 bits per heavy atom. The highest BCUT2D eigenvalue weighted by atomic mass is 79.9. The predicted octanol–water partition coefficient (Wildman–Crippen LogP) is 7.37. The van der Waals surface area contributed by atoms with Crippen LogP contribution in [0.4, 0.5) is 0 Å². The number of rotatable bonds is 6. The number of aliphatic carboxylic acids is 1. The van der Waals surface area contributed by atoms with Crippen molar-refractivity contribution in [3.05, 3.63) is 69.2 Å². The zero-order chi connectivity index (χ0) is 25.0. The molecule has 4 nitrogen and oxygen atoms in total. The molecule has 1 aliphatic carbocycles. The van der Waals surface area contributed by atoms with Crippen molar-refractivity contribution < 1.29 is 19.4 Å². The number of ether oxygens (including phenoxy) is 1. The van der Waals surface area contributed by atoms with E-state index in [1.165, 1.54) is 11.1 Å². The molecule has 0 spiro atoms. The summed E-state index contributed by atoms with van der Waals surface area (Å²) in [7, 11) is 0. The average molecular weight is 527 g/mol. The number of carbonyl (C=O) groups excluding carboxylic acids is 1. The van der Waals surface area contributed by atoms with Crippen LogP contribution >= 0.6 is 15.9 Å². The molecular weight excluding hydrogens is 492 g/mol. The van der Waals surface area contributed by atoms with Gasteiger partial charge < -0.3 is 9.84 Å². The van der Waals surface area contributed by atoms with E-state index in [1.807, 2.05) is 32.1 Å². The molecule has 4 rings (SSSR count). The number of halogens is 1. The Bertz CT molecular complexity index is 1100. The maximum absolute atomic E-state index is 13.3. The summed E-state index contributed by atoms with van der Waals surface area (Å²) < 4.78 is 6.92. The lowest BCUT2D eigenvalue weighted by molar-refractivity contribution is -0.143. The third kappa shape index (κ3) is 5.80. The van der Waals surface area contributed by atoms with Crippen molar-refractivity contribution in [3.8, 4) is 5.75 Å². The summed E-state index contributed by atoms with van der Waals surface area (Å²) in [5, 5.41) is 8.50. The maximum Gasteiger partial charge on any atom is 0.309 e. The molecule has 1 saturated carbocycles. The molecule has 34 heavy (non-hydrogen) atoms. The monoisotopic (exact) mass is 526 g/mol. The molecule has 2 aromatic carbocycles. The Hall–Kier alpha value is -2.40. The first-order valence-corrected chi connectivity index (χ1v) is 12.9. The molecule has 0 saturated heterocycles. The van der Waals surface area contributed by atoms with Gasteiger partial charge in [0, 0.05) is 10.0 Å². The minimum atomic E-state index is -0.611. The molecule has 182 valence electrons. The van der Waals surface area contributed by atoms with Gasteiger partial charge in [0.25, 0.3) is 0 Å². The highest BCUT2D eigenvalue weighted by Gasteiger charge is 2.48. The smallest absolute Gasteiger partial charge is 0.309 e. The maximum atomic E-state index is 13.3. The largest absolute Gasteiger partial charge is 0.493 e. The Morgan fingerprint density at radius 1 is 1.21 bits per heavy atom. The van der Waals surface area contributed by atoms with E-state index in [9.17, 15) is 9.59 Å². The number of carbonyl (C=O) groups is 2. The molecule has 1 unspecified atom stereocenters. The highest BCUT2D eigenvalue weighted by Crippen LogP contribution is 2.48. The fourth-order valence-corrected chi connectivity index (χ4v) is 4.85. The summed E-state index contributed by atoms with van der Waals surface area (Å²) in [6.07, 6.45) is 5.25. The lowest BCUT2D eigenvalue weighted by Gasteiger charge is -2.26. The van der Waals surface area contributed by atoms with E-state index in [0.29, 0.717) is 12.5 Å². The Kier molecular flexibility index (Phi) is 8.40. The first-order chi connectivity index (χ1) is 16.1. The number of carboxylic acid groups (broad SMARTS) is 1. The van der Waals surface area contributed by atoms with Crippen LogP contribution in [0.15, 0.2) is 46.9 Å². The molecule has 5 heteroatoms. The number of benzene rings is 2. The van der Waals surface area contributed by atoms with Crippen molar-refractivity contribution in [2.45, 2.75) is 66.2 Å². The summed E-state index contributed by atoms with van der Waals surface area (Å²) in [5.74, 6) is 0.674. The first kappa shape index (κ1) is 26.2. The van der Waals surface area contributed by atoms with Gasteiger partial charge in [-0.25, -0.2) is 0 Å². The van der Waals surface area contributed by atoms with Crippen LogP contribution in [0.2, 0.25) is 0 Å². The minimum Gasteiger partial charge on any atom is -0.493 e.